The third-order valence-electron chi connectivity index (χ3n) is 5.97. The van der Waals surface area contributed by atoms with Crippen LogP contribution in [0.15, 0.2) is 30.3 Å². The average molecular weight is 503 g/mol. The normalized spacial score (nSPS) is 17.6. The molecule has 0 radical (unpaired) electrons. The van der Waals surface area contributed by atoms with E-state index < -0.39 is 36.0 Å². The van der Waals surface area contributed by atoms with Gasteiger partial charge in [-0.1, -0.05) is 58.0 Å². The highest BCUT2D eigenvalue weighted by Crippen LogP contribution is 2.16. The summed E-state index contributed by atoms with van der Waals surface area (Å²) < 4.78 is 5.23. The lowest BCUT2D eigenvalue weighted by molar-refractivity contribution is -0.132. The molecule has 36 heavy (non-hydrogen) atoms. The van der Waals surface area contributed by atoms with Crippen molar-refractivity contribution in [1.29, 1.82) is 0 Å². The van der Waals surface area contributed by atoms with E-state index in [1.54, 1.807) is 13.8 Å². The van der Waals surface area contributed by atoms with Crippen molar-refractivity contribution in [3.8, 4) is 0 Å². The molecule has 1 fully saturated rings. The van der Waals surface area contributed by atoms with Gasteiger partial charge in [-0.25, -0.2) is 4.79 Å². The van der Waals surface area contributed by atoms with E-state index in [2.05, 4.69) is 21.3 Å². The van der Waals surface area contributed by atoms with Crippen LogP contribution in [-0.4, -0.2) is 54.8 Å². The molecule has 0 spiro atoms. The molecule has 10 nitrogen and oxygen atoms in total. The maximum atomic E-state index is 13.1. The van der Waals surface area contributed by atoms with Crippen molar-refractivity contribution in [3.63, 3.8) is 0 Å². The molecular formula is C26H38N4O6. The molecule has 1 aliphatic rings. The molecule has 1 aliphatic heterocycles. The van der Waals surface area contributed by atoms with E-state index in [0.717, 1.165) is 5.56 Å². The fourth-order valence-electron chi connectivity index (χ4n) is 4.00. The maximum Gasteiger partial charge on any atom is 0.408 e. The van der Waals surface area contributed by atoms with E-state index in [1.165, 1.54) is 0 Å². The number of hydrogen-bond acceptors (Lipinski definition) is 6. The molecule has 2 rings (SSSR count). The van der Waals surface area contributed by atoms with Gasteiger partial charge in [-0.3, -0.25) is 14.4 Å². The first kappa shape index (κ1) is 28.8. The lowest BCUT2D eigenvalue weighted by Crippen LogP contribution is -2.56. The second kappa shape index (κ2) is 14.2. The minimum Gasteiger partial charge on any atom is -0.445 e. The lowest BCUT2D eigenvalue weighted by atomic mass is 9.97. The topological polar surface area (TPSA) is 143 Å². The Morgan fingerprint density at radius 3 is 2.31 bits per heavy atom. The molecule has 1 unspecified atom stereocenters. The Morgan fingerprint density at radius 1 is 1.06 bits per heavy atom. The first-order chi connectivity index (χ1) is 17.1. The molecule has 0 aliphatic carbocycles. The molecule has 1 aromatic rings. The molecular weight excluding hydrogens is 464 g/mol. The molecule has 198 valence electrons. The van der Waals surface area contributed by atoms with E-state index in [-0.39, 0.29) is 36.7 Å². The minimum atomic E-state index is -0.931. The van der Waals surface area contributed by atoms with E-state index in [0.29, 0.717) is 25.7 Å². The quantitative estimate of drug-likeness (QED) is 0.302. The Bertz CT molecular complexity index is 905. The number of ether oxygens (including phenoxy) is 1. The largest absolute Gasteiger partial charge is 0.445 e. The van der Waals surface area contributed by atoms with Gasteiger partial charge in [0.25, 0.3) is 0 Å². The van der Waals surface area contributed by atoms with E-state index in [1.807, 2.05) is 44.2 Å². The van der Waals surface area contributed by atoms with Gasteiger partial charge in [0.15, 0.2) is 0 Å². The number of carbonyl (C=O) groups excluding carboxylic acids is 5. The maximum absolute atomic E-state index is 13.1. The van der Waals surface area contributed by atoms with Crippen LogP contribution < -0.4 is 21.3 Å². The molecule has 0 bridgehead atoms. The van der Waals surface area contributed by atoms with Crippen LogP contribution in [-0.2, 0) is 30.5 Å². The highest BCUT2D eigenvalue weighted by Gasteiger charge is 2.32. The summed E-state index contributed by atoms with van der Waals surface area (Å²) in [6.45, 7) is 7.97. The second-order valence-electron chi connectivity index (χ2n) is 9.88. The van der Waals surface area contributed by atoms with Gasteiger partial charge in [0.1, 0.15) is 25.0 Å². The highest BCUT2D eigenvalue weighted by molar-refractivity contribution is 5.92. The number of rotatable bonds is 13. The van der Waals surface area contributed by atoms with Crippen LogP contribution in [0.4, 0.5) is 4.79 Å². The van der Waals surface area contributed by atoms with Gasteiger partial charge < -0.3 is 30.8 Å². The van der Waals surface area contributed by atoms with Crippen molar-refractivity contribution in [2.75, 3.05) is 6.54 Å². The van der Waals surface area contributed by atoms with Gasteiger partial charge >= 0.3 is 6.09 Å². The molecule has 1 heterocycles. The van der Waals surface area contributed by atoms with Crippen molar-refractivity contribution >= 4 is 30.1 Å². The summed E-state index contributed by atoms with van der Waals surface area (Å²) in [4.78, 5) is 61.9. The SMILES string of the molecule is CC(C)C[C@H](NC(=O)[C@@H](NC(=O)OCc1ccccc1)C(C)C)C(=O)NC(C=O)C[C@@H]1CCNC1=O. The van der Waals surface area contributed by atoms with Crippen molar-refractivity contribution < 1.29 is 28.7 Å². The molecule has 0 aromatic heterocycles. The standard InChI is InChI=1S/C26H38N4O6/c1-16(2)12-21(24(33)28-20(14-31)13-19-10-11-27-23(19)32)29-25(34)22(17(3)4)30-26(35)36-15-18-8-6-5-7-9-18/h5-9,14,16-17,19-22H,10-13,15H2,1-4H3,(H,27,32)(H,28,33)(H,29,34)(H,30,35)/t19-,20?,21-,22-/m0/s1. The van der Waals surface area contributed by atoms with E-state index in [4.69, 9.17) is 4.74 Å². The number of hydrogen-bond donors (Lipinski definition) is 4. The zero-order valence-electron chi connectivity index (χ0n) is 21.4. The fourth-order valence-corrected chi connectivity index (χ4v) is 4.00. The lowest BCUT2D eigenvalue weighted by Gasteiger charge is -2.27. The van der Waals surface area contributed by atoms with Gasteiger partial charge in [0, 0.05) is 12.5 Å². The summed E-state index contributed by atoms with van der Waals surface area (Å²) >= 11 is 0. The molecule has 1 saturated heterocycles. The molecule has 4 atom stereocenters. The van der Waals surface area contributed by atoms with Crippen molar-refractivity contribution in [3.05, 3.63) is 35.9 Å². The fraction of sp³-hybridized carbons (Fsp3) is 0.577. The molecule has 4 N–H and O–H groups in total. The van der Waals surface area contributed by atoms with Gasteiger partial charge in [0.2, 0.25) is 17.7 Å². The van der Waals surface area contributed by atoms with Gasteiger partial charge in [-0.2, -0.15) is 0 Å². The Kier molecular flexibility index (Phi) is 11.4. The molecule has 1 aromatic carbocycles. The van der Waals surface area contributed by atoms with Crippen LogP contribution in [0.25, 0.3) is 0 Å². The number of benzene rings is 1. The highest BCUT2D eigenvalue weighted by atomic mass is 16.5. The third kappa shape index (κ3) is 9.31. The van der Waals surface area contributed by atoms with Crippen LogP contribution in [0.5, 0.6) is 0 Å². The van der Waals surface area contributed by atoms with E-state index >= 15 is 0 Å². The van der Waals surface area contributed by atoms with Crippen LogP contribution in [0.3, 0.4) is 0 Å². The van der Waals surface area contributed by atoms with Crippen molar-refractivity contribution in [2.45, 2.75) is 71.7 Å². The summed E-state index contributed by atoms with van der Waals surface area (Å²) in [6.07, 6.45) is 1.00. The predicted molar refractivity (Wildman–Crippen MR) is 134 cm³/mol. The third-order valence-corrected chi connectivity index (χ3v) is 5.97. The van der Waals surface area contributed by atoms with Gasteiger partial charge in [-0.05, 0) is 36.7 Å². The van der Waals surface area contributed by atoms with Crippen LogP contribution in [0, 0.1) is 17.8 Å². The summed E-state index contributed by atoms with van der Waals surface area (Å²) in [5.41, 5.74) is 0.812. The molecule has 10 heteroatoms. The zero-order chi connectivity index (χ0) is 26.7. The van der Waals surface area contributed by atoms with Gasteiger partial charge in [-0.15, -0.1) is 0 Å². The average Bonchev–Trinajstić information content (AvgIpc) is 3.24. The summed E-state index contributed by atoms with van der Waals surface area (Å²) in [5.74, 6) is -1.72. The number of amides is 4. The molecule has 0 saturated carbocycles. The van der Waals surface area contributed by atoms with Crippen molar-refractivity contribution in [1.82, 2.24) is 21.3 Å². The van der Waals surface area contributed by atoms with Gasteiger partial charge in [0.05, 0.1) is 6.04 Å². The zero-order valence-corrected chi connectivity index (χ0v) is 21.4. The minimum absolute atomic E-state index is 0.0591. The van der Waals surface area contributed by atoms with E-state index in [9.17, 15) is 24.0 Å². The monoisotopic (exact) mass is 502 g/mol. The number of nitrogens with one attached hydrogen (secondary N) is 4. The van der Waals surface area contributed by atoms with Crippen LogP contribution >= 0.6 is 0 Å². The summed E-state index contributed by atoms with van der Waals surface area (Å²) in [7, 11) is 0. The summed E-state index contributed by atoms with van der Waals surface area (Å²) in [5, 5.41) is 10.7. The van der Waals surface area contributed by atoms with Crippen LogP contribution in [0.2, 0.25) is 0 Å². The summed E-state index contributed by atoms with van der Waals surface area (Å²) in [6, 6.07) is 6.47. The Labute approximate surface area is 212 Å². The molecule has 4 amide bonds. The Hall–Kier alpha value is -3.43. The number of alkyl carbamates (subject to hydrolysis) is 1. The number of carbonyl (C=O) groups is 5. The van der Waals surface area contributed by atoms with Crippen LogP contribution in [0.1, 0.15) is 52.5 Å². The first-order valence-electron chi connectivity index (χ1n) is 12.4. The Morgan fingerprint density at radius 2 is 1.75 bits per heavy atom. The Balaban J connectivity index is 1.99. The second-order valence-corrected chi connectivity index (χ2v) is 9.88. The smallest absolute Gasteiger partial charge is 0.408 e. The predicted octanol–water partition coefficient (Wildman–Crippen LogP) is 1.68. The number of aldehydes is 1. The van der Waals surface area contributed by atoms with Crippen molar-refractivity contribution in [2.24, 2.45) is 17.8 Å². The first-order valence-corrected chi connectivity index (χ1v) is 12.4.